The number of carbonyl (C=O) groups is 1. The number of halogens is 1. The van der Waals surface area contributed by atoms with Crippen LogP contribution in [0.3, 0.4) is 0 Å². The van der Waals surface area contributed by atoms with E-state index in [0.717, 1.165) is 12.8 Å². The lowest BCUT2D eigenvalue weighted by Crippen LogP contribution is -2.28. The van der Waals surface area contributed by atoms with Gasteiger partial charge in [-0.05, 0) is 48.7 Å². The molecule has 0 aliphatic carbocycles. The zero-order chi connectivity index (χ0) is 21.3. The highest BCUT2D eigenvalue weighted by Crippen LogP contribution is 2.40. The number of fused-ring (bicyclic) bond motifs is 1. The molecular weight excluding hydrogens is 434 g/mol. The molecule has 2 heterocycles. The SMILES string of the molecule is COc1ccc(C(=O)OCc2cc(Cl)c3c(c2)OCO3)cc1S(=O)(=O)N1CCCC1. The van der Waals surface area contributed by atoms with Crippen LogP contribution < -0.4 is 14.2 Å². The molecule has 0 spiro atoms. The average Bonchev–Trinajstić information content (AvgIpc) is 3.44. The molecule has 2 aliphatic heterocycles. The van der Waals surface area contributed by atoms with Gasteiger partial charge in [0, 0.05) is 13.1 Å². The number of methoxy groups -OCH3 is 1. The smallest absolute Gasteiger partial charge is 0.338 e. The summed E-state index contributed by atoms with van der Waals surface area (Å²) in [6, 6.07) is 7.52. The molecule has 0 bridgehead atoms. The van der Waals surface area contributed by atoms with Crippen molar-refractivity contribution in [3.05, 3.63) is 46.5 Å². The van der Waals surface area contributed by atoms with Crippen LogP contribution >= 0.6 is 11.6 Å². The van der Waals surface area contributed by atoms with E-state index in [4.69, 9.17) is 30.5 Å². The molecule has 0 atom stereocenters. The normalized spacial score (nSPS) is 15.9. The van der Waals surface area contributed by atoms with Crippen LogP contribution in [0.5, 0.6) is 17.2 Å². The van der Waals surface area contributed by atoms with Crippen molar-refractivity contribution in [1.82, 2.24) is 4.31 Å². The molecule has 2 aliphatic rings. The van der Waals surface area contributed by atoms with E-state index in [0.29, 0.717) is 35.2 Å². The predicted molar refractivity (Wildman–Crippen MR) is 108 cm³/mol. The number of esters is 1. The van der Waals surface area contributed by atoms with Crippen LogP contribution in [0.15, 0.2) is 35.2 Å². The number of carbonyl (C=O) groups excluding carboxylic acids is 1. The number of rotatable bonds is 6. The van der Waals surface area contributed by atoms with E-state index in [-0.39, 0.29) is 29.6 Å². The zero-order valence-corrected chi connectivity index (χ0v) is 17.8. The van der Waals surface area contributed by atoms with Crippen molar-refractivity contribution < 1.29 is 32.2 Å². The van der Waals surface area contributed by atoms with Gasteiger partial charge in [0.15, 0.2) is 11.5 Å². The first-order valence-corrected chi connectivity index (χ1v) is 11.2. The Balaban J connectivity index is 1.54. The van der Waals surface area contributed by atoms with Crippen molar-refractivity contribution in [1.29, 1.82) is 0 Å². The number of hydrogen-bond donors (Lipinski definition) is 0. The van der Waals surface area contributed by atoms with Gasteiger partial charge in [-0.25, -0.2) is 13.2 Å². The maximum absolute atomic E-state index is 13.0. The number of ether oxygens (including phenoxy) is 4. The minimum atomic E-state index is -3.76. The van der Waals surface area contributed by atoms with Gasteiger partial charge in [-0.1, -0.05) is 11.6 Å². The van der Waals surface area contributed by atoms with Gasteiger partial charge in [0.2, 0.25) is 16.8 Å². The molecule has 0 aromatic heterocycles. The molecule has 0 radical (unpaired) electrons. The summed E-state index contributed by atoms with van der Waals surface area (Å²) in [5.74, 6) is 0.459. The van der Waals surface area contributed by atoms with Crippen molar-refractivity contribution >= 4 is 27.6 Å². The number of sulfonamides is 1. The topological polar surface area (TPSA) is 91.4 Å². The molecule has 0 amide bonds. The number of hydrogen-bond acceptors (Lipinski definition) is 7. The number of nitrogens with zero attached hydrogens (tertiary/aromatic N) is 1. The van der Waals surface area contributed by atoms with E-state index in [1.807, 2.05) is 0 Å². The van der Waals surface area contributed by atoms with Gasteiger partial charge in [-0.2, -0.15) is 4.31 Å². The fourth-order valence-corrected chi connectivity index (χ4v) is 5.40. The Kier molecular flexibility index (Phi) is 5.77. The highest BCUT2D eigenvalue weighted by atomic mass is 35.5. The third kappa shape index (κ3) is 3.92. The molecule has 2 aromatic carbocycles. The van der Waals surface area contributed by atoms with Gasteiger partial charge in [-0.3, -0.25) is 0 Å². The molecule has 4 rings (SSSR count). The van der Waals surface area contributed by atoms with E-state index in [2.05, 4.69) is 0 Å². The third-order valence-electron chi connectivity index (χ3n) is 4.94. The average molecular weight is 454 g/mol. The highest BCUT2D eigenvalue weighted by Gasteiger charge is 2.31. The minimum absolute atomic E-state index is 0.0486. The molecular formula is C20H20ClNO7S. The van der Waals surface area contributed by atoms with Crippen molar-refractivity contribution in [3.63, 3.8) is 0 Å². The third-order valence-corrected chi connectivity index (χ3v) is 7.14. The van der Waals surface area contributed by atoms with Crippen LogP contribution in [0.1, 0.15) is 28.8 Å². The lowest BCUT2D eigenvalue weighted by molar-refractivity contribution is 0.0472. The standard InChI is InChI=1S/C20H20ClNO7S/c1-26-16-5-4-14(10-18(16)30(24,25)22-6-2-3-7-22)20(23)27-11-13-8-15(21)19-17(9-13)28-12-29-19/h4-5,8-10H,2-3,6-7,11-12H2,1H3. The van der Waals surface area contributed by atoms with Gasteiger partial charge < -0.3 is 18.9 Å². The molecule has 10 heteroatoms. The van der Waals surface area contributed by atoms with E-state index >= 15 is 0 Å². The molecule has 2 aromatic rings. The lowest BCUT2D eigenvalue weighted by atomic mass is 10.2. The van der Waals surface area contributed by atoms with Gasteiger partial charge in [0.05, 0.1) is 17.7 Å². The van der Waals surface area contributed by atoms with Gasteiger partial charge in [0.25, 0.3) is 0 Å². The zero-order valence-electron chi connectivity index (χ0n) is 16.2. The summed E-state index contributed by atoms with van der Waals surface area (Å²) in [4.78, 5) is 12.5. The van der Waals surface area contributed by atoms with E-state index < -0.39 is 16.0 Å². The Morgan fingerprint density at radius 2 is 1.93 bits per heavy atom. The van der Waals surface area contributed by atoms with Gasteiger partial charge >= 0.3 is 5.97 Å². The Bertz CT molecular complexity index is 1080. The fourth-order valence-electron chi connectivity index (χ4n) is 3.41. The van der Waals surface area contributed by atoms with Crippen molar-refractivity contribution in [2.45, 2.75) is 24.3 Å². The second-order valence-electron chi connectivity index (χ2n) is 6.86. The Labute approximate surface area is 179 Å². The second kappa shape index (κ2) is 8.33. The molecule has 0 unspecified atom stereocenters. The summed E-state index contributed by atoms with van der Waals surface area (Å²) in [6.45, 7) is 0.921. The van der Waals surface area contributed by atoms with Crippen LogP contribution in [0.25, 0.3) is 0 Å². The van der Waals surface area contributed by atoms with Crippen LogP contribution in [-0.2, 0) is 21.4 Å². The molecule has 0 saturated carbocycles. The summed E-state index contributed by atoms with van der Waals surface area (Å²) in [7, 11) is -2.38. The highest BCUT2D eigenvalue weighted by molar-refractivity contribution is 7.89. The summed E-state index contributed by atoms with van der Waals surface area (Å²) in [5.41, 5.74) is 0.733. The quantitative estimate of drug-likeness (QED) is 0.620. The van der Waals surface area contributed by atoms with E-state index in [1.54, 1.807) is 12.1 Å². The summed E-state index contributed by atoms with van der Waals surface area (Å²) in [6.07, 6.45) is 1.61. The minimum Gasteiger partial charge on any atom is -0.495 e. The van der Waals surface area contributed by atoms with Crippen molar-refractivity contribution in [3.8, 4) is 17.2 Å². The fraction of sp³-hybridized carbons (Fsp3) is 0.350. The van der Waals surface area contributed by atoms with Gasteiger partial charge in [0.1, 0.15) is 17.3 Å². The van der Waals surface area contributed by atoms with Crippen LogP contribution in [0.4, 0.5) is 0 Å². The molecule has 0 N–H and O–H groups in total. The van der Waals surface area contributed by atoms with E-state index in [1.165, 1.54) is 29.6 Å². The second-order valence-corrected chi connectivity index (χ2v) is 9.18. The van der Waals surface area contributed by atoms with E-state index in [9.17, 15) is 13.2 Å². The van der Waals surface area contributed by atoms with Crippen LogP contribution in [0, 0.1) is 0 Å². The summed E-state index contributed by atoms with van der Waals surface area (Å²) >= 11 is 6.14. The Hall–Kier alpha value is -2.49. The number of benzene rings is 2. The van der Waals surface area contributed by atoms with Crippen LogP contribution in [-0.4, -0.2) is 45.7 Å². The van der Waals surface area contributed by atoms with Gasteiger partial charge in [-0.15, -0.1) is 0 Å². The van der Waals surface area contributed by atoms with Crippen LogP contribution in [0.2, 0.25) is 5.02 Å². The first-order valence-electron chi connectivity index (χ1n) is 9.33. The largest absolute Gasteiger partial charge is 0.495 e. The maximum atomic E-state index is 13.0. The molecule has 1 fully saturated rings. The molecule has 8 nitrogen and oxygen atoms in total. The summed E-state index contributed by atoms with van der Waals surface area (Å²) in [5, 5.41) is 0.361. The van der Waals surface area contributed by atoms with Crippen molar-refractivity contribution in [2.75, 3.05) is 27.0 Å². The monoisotopic (exact) mass is 453 g/mol. The Morgan fingerprint density at radius 1 is 1.17 bits per heavy atom. The molecule has 30 heavy (non-hydrogen) atoms. The first kappa shape index (κ1) is 20.8. The lowest BCUT2D eigenvalue weighted by Gasteiger charge is -2.18. The molecule has 160 valence electrons. The molecule has 1 saturated heterocycles. The summed E-state index contributed by atoms with van der Waals surface area (Å²) < 4.78 is 48.5. The first-order chi connectivity index (χ1) is 14.4. The maximum Gasteiger partial charge on any atom is 0.338 e. The van der Waals surface area contributed by atoms with Crippen molar-refractivity contribution in [2.24, 2.45) is 0 Å². The Morgan fingerprint density at radius 3 is 2.67 bits per heavy atom. The predicted octanol–water partition coefficient (Wildman–Crippen LogP) is 3.22.